The highest BCUT2D eigenvalue weighted by molar-refractivity contribution is 5.88. The quantitative estimate of drug-likeness (QED) is 0.237. The molecule has 0 aromatic rings. The number of aliphatic hydroxyl groups is 1. The highest BCUT2D eigenvalue weighted by Crippen LogP contribution is 2.68. The van der Waals surface area contributed by atoms with Gasteiger partial charge in [0.05, 0.1) is 31.0 Å². The molecule has 5 fully saturated rings. The van der Waals surface area contributed by atoms with Crippen LogP contribution in [0, 0.1) is 23.2 Å². The summed E-state index contributed by atoms with van der Waals surface area (Å²) in [5.74, 6) is -1.81. The predicted octanol–water partition coefficient (Wildman–Crippen LogP) is 3.25. The van der Waals surface area contributed by atoms with Gasteiger partial charge in [0.2, 0.25) is 0 Å². The average Bonchev–Trinajstić information content (AvgIpc) is 3.59. The van der Waals surface area contributed by atoms with Gasteiger partial charge in [0.1, 0.15) is 23.4 Å². The molecule has 3 heterocycles. The van der Waals surface area contributed by atoms with Crippen LogP contribution in [0.15, 0.2) is 11.6 Å². The van der Waals surface area contributed by atoms with E-state index in [2.05, 4.69) is 0 Å². The number of carbonyl (C=O) groups excluding carboxylic acids is 3. The Balaban J connectivity index is 1.66. The summed E-state index contributed by atoms with van der Waals surface area (Å²) in [6.45, 7) is 9.43. The molecule has 1 N–H and O–H groups in total. The Morgan fingerprint density at radius 3 is 2.47 bits per heavy atom. The lowest BCUT2D eigenvalue weighted by Gasteiger charge is -2.66. The molecule has 38 heavy (non-hydrogen) atoms. The van der Waals surface area contributed by atoms with Gasteiger partial charge >= 0.3 is 17.9 Å². The Bertz CT molecular complexity index is 1020. The molecule has 3 aliphatic heterocycles. The number of ether oxygens (including phenoxy) is 5. The average molecular weight is 535 g/mol. The molecule has 9 atom stereocenters. The molecule has 0 aromatic heterocycles. The largest absolute Gasteiger partial charge is 0.463 e. The van der Waals surface area contributed by atoms with Gasteiger partial charge in [0.25, 0.3) is 0 Å². The van der Waals surface area contributed by atoms with Gasteiger partial charge in [-0.25, -0.2) is 4.79 Å². The third kappa shape index (κ3) is 3.94. The molecule has 5 rings (SSSR count). The molecule has 0 amide bonds. The zero-order chi connectivity index (χ0) is 27.5. The van der Waals surface area contributed by atoms with Crippen molar-refractivity contribution in [2.45, 2.75) is 109 Å². The van der Waals surface area contributed by atoms with Gasteiger partial charge in [-0.15, -0.1) is 0 Å². The first-order chi connectivity index (χ1) is 18.0. The maximum Gasteiger partial charge on any atom is 0.333 e. The lowest BCUT2D eigenvalue weighted by Crippen LogP contribution is -2.77. The van der Waals surface area contributed by atoms with E-state index in [1.807, 2.05) is 20.8 Å². The summed E-state index contributed by atoms with van der Waals surface area (Å²) in [7, 11) is 0. The van der Waals surface area contributed by atoms with E-state index in [0.29, 0.717) is 31.4 Å². The Hall–Kier alpha value is -1.97. The smallest absolute Gasteiger partial charge is 0.333 e. The number of esters is 3. The van der Waals surface area contributed by atoms with Gasteiger partial charge in [0.15, 0.2) is 12.2 Å². The van der Waals surface area contributed by atoms with Crippen LogP contribution in [0.25, 0.3) is 0 Å². The number of hydrogen-bond acceptors (Lipinski definition) is 9. The first kappa shape index (κ1) is 27.6. The minimum atomic E-state index is -1.08. The summed E-state index contributed by atoms with van der Waals surface area (Å²) in [5, 5.41) is 11.2. The van der Waals surface area contributed by atoms with Crippen LogP contribution in [-0.2, 0) is 38.1 Å². The SMILES string of the molecule is C/C=C(\C)C(=O)O[C@H]1[C@H](OC(=O)C(C)CC)C2(CO)C(CCCC23CO3)C2CCC3(COC(=O)C3)OC21C. The number of cyclic esters (lactones) is 1. The molecule has 9 nitrogen and oxygen atoms in total. The molecular formula is C29H42O9. The van der Waals surface area contributed by atoms with Crippen LogP contribution >= 0.6 is 0 Å². The molecule has 5 aliphatic rings. The first-order valence-electron chi connectivity index (χ1n) is 14.2. The van der Waals surface area contributed by atoms with Crippen LogP contribution in [0.1, 0.15) is 79.6 Å². The minimum absolute atomic E-state index is 0.0865. The van der Waals surface area contributed by atoms with Crippen molar-refractivity contribution in [3.63, 3.8) is 0 Å². The van der Waals surface area contributed by atoms with Gasteiger partial charge in [-0.05, 0) is 64.7 Å². The normalized spacial score (nSPS) is 44.7. The molecule has 9 heteroatoms. The zero-order valence-electron chi connectivity index (χ0n) is 23.2. The van der Waals surface area contributed by atoms with Crippen molar-refractivity contribution in [3.05, 3.63) is 11.6 Å². The molecule has 7 unspecified atom stereocenters. The lowest BCUT2D eigenvalue weighted by molar-refractivity contribution is -0.333. The van der Waals surface area contributed by atoms with E-state index in [1.165, 1.54) is 0 Å². The van der Waals surface area contributed by atoms with Crippen LogP contribution in [0.3, 0.4) is 0 Å². The van der Waals surface area contributed by atoms with E-state index in [-0.39, 0.29) is 43.4 Å². The Kier molecular flexibility index (Phi) is 6.97. The van der Waals surface area contributed by atoms with Crippen molar-refractivity contribution in [3.8, 4) is 0 Å². The van der Waals surface area contributed by atoms with Crippen molar-refractivity contribution in [2.75, 3.05) is 19.8 Å². The van der Waals surface area contributed by atoms with Gasteiger partial charge in [-0.3, -0.25) is 9.59 Å². The van der Waals surface area contributed by atoms with Crippen LogP contribution in [0.4, 0.5) is 0 Å². The van der Waals surface area contributed by atoms with Crippen LogP contribution in [-0.4, -0.2) is 71.8 Å². The maximum absolute atomic E-state index is 13.4. The fourth-order valence-electron chi connectivity index (χ4n) is 7.94. The summed E-state index contributed by atoms with van der Waals surface area (Å²) < 4.78 is 31.0. The molecule has 0 bridgehead atoms. The third-order valence-corrected chi connectivity index (χ3v) is 10.5. The van der Waals surface area contributed by atoms with Crippen molar-refractivity contribution < 1.29 is 43.2 Å². The highest BCUT2D eigenvalue weighted by Gasteiger charge is 2.79. The van der Waals surface area contributed by atoms with Crippen LogP contribution < -0.4 is 0 Å². The fourth-order valence-corrected chi connectivity index (χ4v) is 7.94. The molecule has 2 spiro atoms. The fraction of sp³-hybridized carbons (Fsp3) is 0.828. The summed E-state index contributed by atoms with van der Waals surface area (Å²) in [6.07, 6.45) is 4.19. The monoisotopic (exact) mass is 534 g/mol. The molecule has 2 aliphatic carbocycles. The van der Waals surface area contributed by atoms with Gasteiger partial charge in [0, 0.05) is 5.57 Å². The van der Waals surface area contributed by atoms with Gasteiger partial charge in [-0.1, -0.05) is 26.3 Å². The number of aliphatic hydroxyl groups excluding tert-OH is 1. The summed E-state index contributed by atoms with van der Waals surface area (Å²) in [6, 6.07) is 0. The van der Waals surface area contributed by atoms with E-state index < -0.39 is 46.4 Å². The Morgan fingerprint density at radius 2 is 1.89 bits per heavy atom. The molecular weight excluding hydrogens is 492 g/mol. The van der Waals surface area contributed by atoms with Crippen molar-refractivity contribution in [1.82, 2.24) is 0 Å². The standard InChI is InChI=1S/C29H42O9/c1-6-17(3)24(32)36-22-23(37-25(33)18(4)7-2)29(14-30)20(9-8-11-28(29)16-35-28)19-10-12-27(38-26(19,22)5)13-21(31)34-15-27/h6,18-20,22-23,30H,7-16H2,1-5H3/b17-6+/t18?,19?,20?,22-,23-,26?,27?,28?,29?/m0/s1. The zero-order valence-corrected chi connectivity index (χ0v) is 23.2. The number of allylic oxidation sites excluding steroid dienone is 1. The van der Waals surface area contributed by atoms with Crippen molar-refractivity contribution >= 4 is 17.9 Å². The van der Waals surface area contributed by atoms with E-state index in [0.717, 1.165) is 19.3 Å². The highest BCUT2D eigenvalue weighted by atomic mass is 16.6. The van der Waals surface area contributed by atoms with E-state index in [9.17, 15) is 19.5 Å². The number of epoxide rings is 1. The summed E-state index contributed by atoms with van der Waals surface area (Å²) in [4.78, 5) is 38.9. The van der Waals surface area contributed by atoms with Gasteiger partial charge in [-0.2, -0.15) is 0 Å². The minimum Gasteiger partial charge on any atom is -0.463 e. The topological polar surface area (TPSA) is 121 Å². The van der Waals surface area contributed by atoms with E-state index >= 15 is 0 Å². The second kappa shape index (κ2) is 9.59. The van der Waals surface area contributed by atoms with Crippen molar-refractivity contribution in [1.29, 1.82) is 0 Å². The van der Waals surface area contributed by atoms with Gasteiger partial charge < -0.3 is 28.8 Å². The van der Waals surface area contributed by atoms with E-state index in [4.69, 9.17) is 23.7 Å². The van der Waals surface area contributed by atoms with Crippen LogP contribution in [0.2, 0.25) is 0 Å². The second-order valence-electron chi connectivity index (χ2n) is 12.4. The molecule has 0 aromatic carbocycles. The first-order valence-corrected chi connectivity index (χ1v) is 14.2. The number of fused-ring (bicyclic) bond motifs is 4. The number of rotatable bonds is 6. The van der Waals surface area contributed by atoms with Crippen molar-refractivity contribution in [2.24, 2.45) is 23.2 Å². The second-order valence-corrected chi connectivity index (χ2v) is 12.4. The maximum atomic E-state index is 13.4. The summed E-state index contributed by atoms with van der Waals surface area (Å²) in [5.41, 5.74) is -3.07. The molecule has 3 saturated heterocycles. The third-order valence-electron chi connectivity index (χ3n) is 10.5. The molecule has 212 valence electrons. The molecule has 0 radical (unpaired) electrons. The van der Waals surface area contributed by atoms with Crippen LogP contribution in [0.5, 0.6) is 0 Å². The predicted molar refractivity (Wildman–Crippen MR) is 135 cm³/mol. The number of carbonyl (C=O) groups is 3. The Labute approximate surface area is 224 Å². The lowest BCUT2D eigenvalue weighted by atomic mass is 9.45. The molecule has 2 saturated carbocycles. The number of hydrogen-bond donors (Lipinski definition) is 1. The van der Waals surface area contributed by atoms with E-state index in [1.54, 1.807) is 19.9 Å². The summed E-state index contributed by atoms with van der Waals surface area (Å²) >= 11 is 0. The Morgan fingerprint density at radius 1 is 1.16 bits per heavy atom.